The Hall–Kier alpha value is -1.43. The Morgan fingerprint density at radius 1 is 1.52 bits per heavy atom. The first-order valence-electron chi connectivity index (χ1n) is 7.69. The van der Waals surface area contributed by atoms with Gasteiger partial charge in [-0.25, -0.2) is 4.79 Å². The second-order valence-corrected chi connectivity index (χ2v) is 7.16. The van der Waals surface area contributed by atoms with Crippen molar-refractivity contribution in [3.8, 4) is 0 Å². The van der Waals surface area contributed by atoms with E-state index in [-0.39, 0.29) is 28.6 Å². The number of carbonyl (C=O) groups is 1. The number of hydrogen-bond donors (Lipinski definition) is 1. The Kier molecular flexibility index (Phi) is 3.31. The highest BCUT2D eigenvalue weighted by molar-refractivity contribution is 5.86. The third-order valence-electron chi connectivity index (χ3n) is 6.07. The van der Waals surface area contributed by atoms with E-state index in [0.717, 1.165) is 12.8 Å². The van der Waals surface area contributed by atoms with E-state index in [9.17, 15) is 4.79 Å². The van der Waals surface area contributed by atoms with Gasteiger partial charge >= 0.3 is 5.97 Å². The maximum Gasteiger partial charge on any atom is 0.360 e. The highest BCUT2D eigenvalue weighted by atomic mass is 16.5. The molecule has 2 fully saturated rings. The monoisotopic (exact) mass is 292 g/mol. The fraction of sp³-hybridized carbons (Fsp3) is 0.800. The van der Waals surface area contributed by atoms with E-state index in [1.54, 1.807) is 10.9 Å². The molecular weight excluding hydrogens is 268 g/mol. The summed E-state index contributed by atoms with van der Waals surface area (Å²) < 4.78 is 7.35. The van der Waals surface area contributed by atoms with Gasteiger partial charge in [-0.3, -0.25) is 4.68 Å². The molecule has 2 bridgehead atoms. The molecule has 2 saturated carbocycles. The Balaban J connectivity index is 1.71. The lowest BCUT2D eigenvalue weighted by Crippen LogP contribution is -2.38. The van der Waals surface area contributed by atoms with Crippen LogP contribution in [0.25, 0.3) is 0 Å². The van der Waals surface area contributed by atoms with Crippen LogP contribution in [0.5, 0.6) is 0 Å². The first kappa shape index (κ1) is 14.5. The lowest BCUT2D eigenvalue weighted by molar-refractivity contribution is -0.0247. The van der Waals surface area contributed by atoms with Gasteiger partial charge in [0, 0.05) is 12.0 Å². The molecule has 1 aromatic rings. The fourth-order valence-electron chi connectivity index (χ4n) is 4.13. The smallest absolute Gasteiger partial charge is 0.360 e. The quantitative estimate of drug-likeness (QED) is 0.852. The molecule has 2 N–H and O–H groups in total. The molecule has 0 saturated heterocycles. The van der Waals surface area contributed by atoms with E-state index in [4.69, 9.17) is 10.5 Å². The average molecular weight is 292 g/mol. The van der Waals surface area contributed by atoms with E-state index in [1.165, 1.54) is 6.42 Å². The molecule has 0 spiro atoms. The lowest BCUT2D eigenvalue weighted by Gasteiger charge is -2.38. The van der Waals surface area contributed by atoms with E-state index in [1.807, 2.05) is 0 Å². The van der Waals surface area contributed by atoms with Gasteiger partial charge in [0.25, 0.3) is 0 Å². The van der Waals surface area contributed by atoms with E-state index in [2.05, 4.69) is 31.1 Å². The van der Waals surface area contributed by atoms with Gasteiger partial charge in [-0.05, 0) is 30.6 Å². The van der Waals surface area contributed by atoms with Crippen molar-refractivity contribution in [2.75, 3.05) is 6.54 Å². The molecule has 2 aliphatic carbocycles. The minimum atomic E-state index is -0.368. The highest BCUT2D eigenvalue weighted by Gasteiger charge is 2.62. The fourth-order valence-corrected chi connectivity index (χ4v) is 4.13. The molecule has 6 heteroatoms. The maximum absolute atomic E-state index is 12.3. The zero-order valence-electron chi connectivity index (χ0n) is 13.0. The molecule has 0 aliphatic heterocycles. The van der Waals surface area contributed by atoms with Gasteiger partial charge in [-0.2, -0.15) is 0 Å². The van der Waals surface area contributed by atoms with E-state index >= 15 is 0 Å². The molecular formula is C15H24N4O2. The summed E-state index contributed by atoms with van der Waals surface area (Å²) in [4.78, 5) is 12.3. The van der Waals surface area contributed by atoms with Crippen molar-refractivity contribution < 1.29 is 9.53 Å². The van der Waals surface area contributed by atoms with Gasteiger partial charge in [0.05, 0.1) is 12.7 Å². The predicted molar refractivity (Wildman–Crippen MR) is 77.5 cm³/mol. The normalized spacial score (nSPS) is 33.3. The molecule has 0 aromatic carbocycles. The van der Waals surface area contributed by atoms with Crippen LogP contribution in [0.3, 0.4) is 0 Å². The number of nitrogens with two attached hydrogens (primary N) is 1. The number of ether oxygens (including phenoxy) is 1. The highest BCUT2D eigenvalue weighted by Crippen LogP contribution is 2.66. The van der Waals surface area contributed by atoms with Crippen LogP contribution in [0.1, 0.15) is 50.5 Å². The molecule has 3 atom stereocenters. The van der Waals surface area contributed by atoms with Gasteiger partial charge in [-0.15, -0.1) is 5.10 Å². The van der Waals surface area contributed by atoms with Gasteiger partial charge in [0.15, 0.2) is 5.69 Å². The van der Waals surface area contributed by atoms with Gasteiger partial charge in [0.1, 0.15) is 6.10 Å². The van der Waals surface area contributed by atoms with Crippen LogP contribution in [-0.2, 0) is 11.3 Å². The number of hydrogen-bond acceptors (Lipinski definition) is 5. The van der Waals surface area contributed by atoms with Crippen LogP contribution in [0.15, 0.2) is 6.20 Å². The summed E-state index contributed by atoms with van der Waals surface area (Å²) in [7, 11) is 0. The third-order valence-corrected chi connectivity index (χ3v) is 6.07. The average Bonchev–Trinajstić information content (AvgIpc) is 3.02. The molecule has 21 heavy (non-hydrogen) atoms. The van der Waals surface area contributed by atoms with Crippen molar-refractivity contribution in [2.24, 2.45) is 22.5 Å². The molecule has 0 radical (unpaired) electrons. The summed E-state index contributed by atoms with van der Waals surface area (Å²) in [5, 5.41) is 7.76. The van der Waals surface area contributed by atoms with Crippen LogP contribution in [0, 0.1) is 16.7 Å². The molecule has 2 aliphatic rings. The maximum atomic E-state index is 12.3. The zero-order valence-corrected chi connectivity index (χ0v) is 13.0. The minimum Gasteiger partial charge on any atom is -0.457 e. The molecule has 1 heterocycles. The largest absolute Gasteiger partial charge is 0.457 e. The van der Waals surface area contributed by atoms with Crippen LogP contribution >= 0.6 is 0 Å². The summed E-state index contributed by atoms with van der Waals surface area (Å²) in [6.45, 7) is 7.88. The van der Waals surface area contributed by atoms with Gasteiger partial charge in [-0.1, -0.05) is 26.0 Å². The van der Waals surface area contributed by atoms with E-state index in [0.29, 0.717) is 19.0 Å². The summed E-state index contributed by atoms with van der Waals surface area (Å²) in [6.07, 6.45) is 4.92. The topological polar surface area (TPSA) is 83.0 Å². The van der Waals surface area contributed by atoms with Crippen molar-refractivity contribution in [3.63, 3.8) is 0 Å². The SMILES string of the molecule is CC1(C)C2CCC1(C)C(OC(=O)c1cn(CCN)nn1)C2. The predicted octanol–water partition coefficient (Wildman–Crippen LogP) is 1.61. The Bertz CT molecular complexity index is 554. The van der Waals surface area contributed by atoms with Crippen LogP contribution in [-0.4, -0.2) is 33.6 Å². The van der Waals surface area contributed by atoms with Crippen molar-refractivity contribution in [1.29, 1.82) is 0 Å². The Morgan fingerprint density at radius 2 is 2.29 bits per heavy atom. The molecule has 1 aromatic heterocycles. The number of carbonyl (C=O) groups excluding carboxylic acids is 1. The van der Waals surface area contributed by atoms with Gasteiger partial charge < -0.3 is 10.5 Å². The third kappa shape index (κ3) is 2.08. The first-order chi connectivity index (χ1) is 9.88. The zero-order chi connectivity index (χ0) is 15.3. The Labute approximate surface area is 125 Å². The van der Waals surface area contributed by atoms with Crippen molar-refractivity contribution in [2.45, 2.75) is 52.7 Å². The van der Waals surface area contributed by atoms with Crippen LogP contribution in [0.4, 0.5) is 0 Å². The van der Waals surface area contributed by atoms with Crippen molar-refractivity contribution >= 4 is 5.97 Å². The molecule has 3 unspecified atom stereocenters. The molecule has 6 nitrogen and oxygen atoms in total. The number of aromatic nitrogens is 3. The van der Waals surface area contributed by atoms with Crippen molar-refractivity contribution in [3.05, 3.63) is 11.9 Å². The summed E-state index contributed by atoms with van der Waals surface area (Å²) in [5.41, 5.74) is 6.03. The summed E-state index contributed by atoms with van der Waals surface area (Å²) >= 11 is 0. The Morgan fingerprint density at radius 3 is 2.86 bits per heavy atom. The number of nitrogens with zero attached hydrogens (tertiary/aromatic N) is 3. The second kappa shape index (κ2) is 4.80. The van der Waals surface area contributed by atoms with Crippen LogP contribution in [0.2, 0.25) is 0 Å². The molecule has 3 rings (SSSR count). The van der Waals surface area contributed by atoms with Gasteiger partial charge in [0.2, 0.25) is 0 Å². The second-order valence-electron chi connectivity index (χ2n) is 7.16. The van der Waals surface area contributed by atoms with Crippen LogP contribution < -0.4 is 5.73 Å². The molecule has 0 amide bonds. The molecule has 116 valence electrons. The summed E-state index contributed by atoms with van der Waals surface area (Å²) in [6, 6.07) is 0. The van der Waals surface area contributed by atoms with Crippen molar-refractivity contribution in [1.82, 2.24) is 15.0 Å². The number of esters is 1. The first-order valence-corrected chi connectivity index (χ1v) is 7.69. The van der Waals surface area contributed by atoms with E-state index < -0.39 is 0 Å². The lowest BCUT2D eigenvalue weighted by atomic mass is 9.70. The summed E-state index contributed by atoms with van der Waals surface area (Å²) in [5.74, 6) is 0.279. The number of fused-ring (bicyclic) bond motifs is 2. The number of rotatable bonds is 4. The minimum absolute atomic E-state index is 0.0154. The standard InChI is InChI=1S/C15H24N4O2/c1-14(2)10-4-5-15(14,3)12(8-10)21-13(20)11-9-19(7-6-16)18-17-11/h9-10,12H,4-8,16H2,1-3H3.